The van der Waals surface area contributed by atoms with Crippen molar-refractivity contribution < 1.29 is 17.9 Å². The molecule has 0 aliphatic carbocycles. The van der Waals surface area contributed by atoms with Crippen LogP contribution in [-0.4, -0.2) is 21.4 Å². The van der Waals surface area contributed by atoms with Crippen molar-refractivity contribution in [2.45, 2.75) is 25.7 Å². The van der Waals surface area contributed by atoms with Crippen LogP contribution in [0.4, 0.5) is 11.4 Å². The van der Waals surface area contributed by atoms with Crippen LogP contribution in [0.1, 0.15) is 27.0 Å². The van der Waals surface area contributed by atoms with E-state index in [0.29, 0.717) is 28.3 Å². The summed E-state index contributed by atoms with van der Waals surface area (Å²) in [4.78, 5) is 12.7. The third-order valence-electron chi connectivity index (χ3n) is 4.71. The molecule has 0 saturated heterocycles. The number of carbonyl (C=O) groups excluding carboxylic acids is 1. The summed E-state index contributed by atoms with van der Waals surface area (Å²) in [6.07, 6.45) is 0. The number of aryl methyl sites for hydroxylation is 3. The highest BCUT2D eigenvalue weighted by molar-refractivity contribution is 7.92. The van der Waals surface area contributed by atoms with Crippen molar-refractivity contribution in [2.75, 3.05) is 17.1 Å². The van der Waals surface area contributed by atoms with Gasteiger partial charge in [-0.3, -0.25) is 9.52 Å². The second-order valence-electron chi connectivity index (χ2n) is 7.06. The summed E-state index contributed by atoms with van der Waals surface area (Å²) in [6, 6.07) is 17.1. The molecule has 0 aliphatic heterocycles. The van der Waals surface area contributed by atoms with Gasteiger partial charge in [-0.05, 0) is 62.2 Å². The van der Waals surface area contributed by atoms with Gasteiger partial charge in [0.2, 0.25) is 0 Å². The molecule has 0 spiro atoms. The summed E-state index contributed by atoms with van der Waals surface area (Å²) < 4.78 is 33.8. The molecule has 3 rings (SSSR count). The predicted molar refractivity (Wildman–Crippen MR) is 119 cm³/mol. The van der Waals surface area contributed by atoms with E-state index in [9.17, 15) is 13.2 Å². The van der Waals surface area contributed by atoms with Gasteiger partial charge < -0.3 is 10.1 Å². The van der Waals surface area contributed by atoms with E-state index in [-0.39, 0.29) is 10.8 Å². The Kier molecular flexibility index (Phi) is 6.12. The number of rotatable bonds is 6. The molecule has 1 amide bonds. The van der Waals surface area contributed by atoms with Gasteiger partial charge in [-0.15, -0.1) is 0 Å². The largest absolute Gasteiger partial charge is 0.495 e. The molecule has 156 valence electrons. The number of hydrogen-bond acceptors (Lipinski definition) is 4. The number of hydrogen-bond donors (Lipinski definition) is 2. The zero-order valence-electron chi connectivity index (χ0n) is 17.3. The Morgan fingerprint density at radius 1 is 0.900 bits per heavy atom. The lowest BCUT2D eigenvalue weighted by molar-refractivity contribution is 0.102. The van der Waals surface area contributed by atoms with E-state index in [1.165, 1.54) is 13.2 Å². The smallest absolute Gasteiger partial charge is 0.262 e. The van der Waals surface area contributed by atoms with Gasteiger partial charge in [0, 0.05) is 11.3 Å². The lowest BCUT2D eigenvalue weighted by Crippen LogP contribution is -2.17. The summed E-state index contributed by atoms with van der Waals surface area (Å²) >= 11 is 0. The van der Waals surface area contributed by atoms with Crippen molar-refractivity contribution in [1.82, 2.24) is 0 Å². The summed E-state index contributed by atoms with van der Waals surface area (Å²) in [5.74, 6) is 0.121. The molecular weight excluding hydrogens is 400 g/mol. The summed E-state index contributed by atoms with van der Waals surface area (Å²) in [5.41, 5.74) is 3.75. The average molecular weight is 425 g/mol. The molecule has 0 aliphatic rings. The van der Waals surface area contributed by atoms with Gasteiger partial charge in [0.05, 0.1) is 17.7 Å². The van der Waals surface area contributed by atoms with E-state index in [0.717, 1.165) is 11.1 Å². The average Bonchev–Trinajstić information content (AvgIpc) is 2.69. The second-order valence-corrected chi connectivity index (χ2v) is 8.71. The Morgan fingerprint density at radius 2 is 1.63 bits per heavy atom. The molecule has 3 aromatic carbocycles. The highest BCUT2D eigenvalue weighted by Crippen LogP contribution is 2.28. The molecule has 0 bridgehead atoms. The number of nitrogens with one attached hydrogen (secondary N) is 2. The normalized spacial score (nSPS) is 11.1. The molecule has 0 aromatic heterocycles. The highest BCUT2D eigenvalue weighted by atomic mass is 32.2. The van der Waals surface area contributed by atoms with Crippen LogP contribution in [0.3, 0.4) is 0 Å². The first-order valence-corrected chi connectivity index (χ1v) is 10.8. The number of methoxy groups -OCH3 is 1. The molecule has 0 heterocycles. The van der Waals surface area contributed by atoms with E-state index in [4.69, 9.17) is 4.74 Å². The fourth-order valence-corrected chi connectivity index (χ4v) is 4.50. The maximum Gasteiger partial charge on any atom is 0.262 e. The zero-order valence-corrected chi connectivity index (χ0v) is 18.1. The number of anilines is 2. The van der Waals surface area contributed by atoms with E-state index in [1.807, 2.05) is 26.0 Å². The second kappa shape index (κ2) is 8.59. The van der Waals surface area contributed by atoms with E-state index >= 15 is 0 Å². The molecule has 7 heteroatoms. The fraction of sp³-hybridized carbons (Fsp3) is 0.174. The Hall–Kier alpha value is -3.32. The van der Waals surface area contributed by atoms with Crippen LogP contribution in [0, 0.1) is 20.8 Å². The van der Waals surface area contributed by atoms with Gasteiger partial charge in [-0.2, -0.15) is 0 Å². The first-order valence-electron chi connectivity index (χ1n) is 9.36. The van der Waals surface area contributed by atoms with Crippen LogP contribution >= 0.6 is 0 Å². The molecule has 0 saturated carbocycles. The van der Waals surface area contributed by atoms with Gasteiger partial charge in [-0.1, -0.05) is 35.9 Å². The lowest BCUT2D eigenvalue weighted by Gasteiger charge is -2.15. The molecule has 0 atom stereocenters. The minimum atomic E-state index is -3.89. The zero-order chi connectivity index (χ0) is 21.9. The topological polar surface area (TPSA) is 84.5 Å². The monoisotopic (exact) mass is 424 g/mol. The molecule has 3 aromatic rings. The number of para-hydroxylation sites is 2. The van der Waals surface area contributed by atoms with Crippen LogP contribution in [0.25, 0.3) is 0 Å². The molecular formula is C23H24N2O4S. The molecule has 30 heavy (non-hydrogen) atoms. The molecule has 6 nitrogen and oxygen atoms in total. The van der Waals surface area contributed by atoms with Crippen molar-refractivity contribution >= 4 is 27.3 Å². The van der Waals surface area contributed by atoms with Gasteiger partial charge in [-0.25, -0.2) is 8.42 Å². The third-order valence-corrected chi connectivity index (χ3v) is 6.22. The Morgan fingerprint density at radius 3 is 2.33 bits per heavy atom. The van der Waals surface area contributed by atoms with E-state index in [2.05, 4.69) is 10.0 Å². The SMILES string of the molecule is COc1ccccc1NS(=O)(=O)c1cc(NC(=O)c2ccc(C)cc2C)ccc1C. The summed E-state index contributed by atoms with van der Waals surface area (Å²) in [7, 11) is -2.42. The van der Waals surface area contributed by atoms with E-state index in [1.54, 1.807) is 49.4 Å². The van der Waals surface area contributed by atoms with Crippen molar-refractivity contribution in [3.63, 3.8) is 0 Å². The Bertz CT molecular complexity index is 1200. The number of amides is 1. The van der Waals surface area contributed by atoms with Crippen LogP contribution < -0.4 is 14.8 Å². The minimum Gasteiger partial charge on any atom is -0.495 e. The Labute approximate surface area is 177 Å². The number of carbonyl (C=O) groups is 1. The number of ether oxygens (including phenoxy) is 1. The molecule has 0 fully saturated rings. The van der Waals surface area contributed by atoms with Crippen molar-refractivity contribution in [3.8, 4) is 5.75 Å². The van der Waals surface area contributed by atoms with Crippen molar-refractivity contribution in [3.05, 3.63) is 82.9 Å². The van der Waals surface area contributed by atoms with Crippen LogP contribution in [0.15, 0.2) is 65.6 Å². The van der Waals surface area contributed by atoms with Gasteiger partial charge in [0.15, 0.2) is 0 Å². The van der Waals surface area contributed by atoms with Crippen molar-refractivity contribution in [2.24, 2.45) is 0 Å². The number of sulfonamides is 1. The maximum absolute atomic E-state index is 13.0. The minimum absolute atomic E-state index is 0.0758. The van der Waals surface area contributed by atoms with Gasteiger partial charge >= 0.3 is 0 Å². The first kappa shape index (κ1) is 21.4. The third kappa shape index (κ3) is 4.63. The molecule has 0 unspecified atom stereocenters. The van der Waals surface area contributed by atoms with Crippen LogP contribution in [-0.2, 0) is 10.0 Å². The fourth-order valence-electron chi connectivity index (χ4n) is 3.16. The maximum atomic E-state index is 13.0. The first-order chi connectivity index (χ1) is 14.2. The van der Waals surface area contributed by atoms with Gasteiger partial charge in [0.1, 0.15) is 5.75 Å². The Balaban J connectivity index is 1.90. The summed E-state index contributed by atoms with van der Waals surface area (Å²) in [5, 5.41) is 2.79. The molecule has 2 N–H and O–H groups in total. The van der Waals surface area contributed by atoms with Gasteiger partial charge in [0.25, 0.3) is 15.9 Å². The summed E-state index contributed by atoms with van der Waals surface area (Å²) in [6.45, 7) is 5.52. The molecule has 0 radical (unpaired) electrons. The lowest BCUT2D eigenvalue weighted by atomic mass is 10.1. The van der Waals surface area contributed by atoms with E-state index < -0.39 is 10.0 Å². The van der Waals surface area contributed by atoms with Crippen LogP contribution in [0.2, 0.25) is 0 Å². The quantitative estimate of drug-likeness (QED) is 0.602. The highest BCUT2D eigenvalue weighted by Gasteiger charge is 2.20. The number of benzene rings is 3. The predicted octanol–water partition coefficient (Wildman–Crippen LogP) is 4.67. The standard InChI is InChI=1S/C23H24N2O4S/c1-15-9-12-19(17(3)13-15)23(26)24-18-11-10-16(2)22(14-18)30(27,28)25-20-7-5-6-8-21(20)29-4/h5-14,25H,1-4H3,(H,24,26). The van der Waals surface area contributed by atoms with Crippen LogP contribution in [0.5, 0.6) is 5.75 Å². The van der Waals surface area contributed by atoms with Crippen molar-refractivity contribution in [1.29, 1.82) is 0 Å².